The zero-order chi connectivity index (χ0) is 19.9. The molecule has 0 bridgehead atoms. The summed E-state index contributed by atoms with van der Waals surface area (Å²) in [6.45, 7) is 6.85. The number of ether oxygens (including phenoxy) is 1. The molecule has 0 aliphatic rings. The maximum absolute atomic E-state index is 12.1. The standard InChI is InChI=1S/C22H25N3O3/c1-4-27-19-11-9-18(10-12-19)23-20(26)13-14-21-24-22(25-28-21)17-7-5-16(6-8-17)15(2)3/h5-12,15H,4,13-14H2,1-3H3,(H,23,26). The fourth-order valence-corrected chi connectivity index (χ4v) is 2.74. The van der Waals surface area contributed by atoms with Gasteiger partial charge >= 0.3 is 0 Å². The average Bonchev–Trinajstić information content (AvgIpc) is 3.17. The zero-order valence-corrected chi connectivity index (χ0v) is 16.4. The molecule has 0 aliphatic heterocycles. The van der Waals surface area contributed by atoms with Crippen LogP contribution < -0.4 is 10.1 Å². The number of aryl methyl sites for hydroxylation is 1. The van der Waals surface area contributed by atoms with Crippen LogP contribution in [-0.2, 0) is 11.2 Å². The van der Waals surface area contributed by atoms with Crippen molar-refractivity contribution in [3.05, 3.63) is 60.0 Å². The van der Waals surface area contributed by atoms with Gasteiger partial charge in [0, 0.05) is 24.1 Å². The lowest BCUT2D eigenvalue weighted by Crippen LogP contribution is -2.12. The zero-order valence-electron chi connectivity index (χ0n) is 16.4. The first-order valence-corrected chi connectivity index (χ1v) is 9.50. The van der Waals surface area contributed by atoms with E-state index in [2.05, 4.69) is 41.4 Å². The van der Waals surface area contributed by atoms with Crippen molar-refractivity contribution < 1.29 is 14.1 Å². The lowest BCUT2D eigenvalue weighted by Gasteiger charge is -2.06. The van der Waals surface area contributed by atoms with Crippen LogP contribution in [0.4, 0.5) is 5.69 Å². The Hall–Kier alpha value is -3.15. The molecule has 0 fully saturated rings. The van der Waals surface area contributed by atoms with E-state index in [9.17, 15) is 4.79 Å². The highest BCUT2D eigenvalue weighted by Gasteiger charge is 2.11. The van der Waals surface area contributed by atoms with Crippen molar-refractivity contribution in [2.45, 2.75) is 39.5 Å². The summed E-state index contributed by atoms with van der Waals surface area (Å²) in [6, 6.07) is 15.4. The molecule has 1 amide bonds. The topological polar surface area (TPSA) is 77.2 Å². The Morgan fingerprint density at radius 1 is 1.11 bits per heavy atom. The van der Waals surface area contributed by atoms with Crippen molar-refractivity contribution in [3.8, 4) is 17.1 Å². The summed E-state index contributed by atoms with van der Waals surface area (Å²) in [6.07, 6.45) is 0.654. The highest BCUT2D eigenvalue weighted by atomic mass is 16.5. The van der Waals surface area contributed by atoms with E-state index in [0.29, 0.717) is 30.7 Å². The van der Waals surface area contributed by atoms with E-state index in [4.69, 9.17) is 9.26 Å². The fourth-order valence-electron chi connectivity index (χ4n) is 2.74. The van der Waals surface area contributed by atoms with Gasteiger partial charge in [0.25, 0.3) is 0 Å². The smallest absolute Gasteiger partial charge is 0.227 e. The monoisotopic (exact) mass is 379 g/mol. The highest BCUT2D eigenvalue weighted by Crippen LogP contribution is 2.21. The predicted octanol–water partition coefficient (Wildman–Crippen LogP) is 4.83. The maximum Gasteiger partial charge on any atom is 0.227 e. The van der Waals surface area contributed by atoms with E-state index in [1.54, 1.807) is 0 Å². The molecule has 1 N–H and O–H groups in total. The third-order valence-electron chi connectivity index (χ3n) is 4.32. The molecule has 3 aromatic rings. The van der Waals surface area contributed by atoms with Gasteiger partial charge in [-0.15, -0.1) is 0 Å². The van der Waals surface area contributed by atoms with E-state index in [0.717, 1.165) is 17.0 Å². The summed E-state index contributed by atoms with van der Waals surface area (Å²) in [5.74, 6) is 2.14. The Morgan fingerprint density at radius 2 is 1.82 bits per heavy atom. The molecule has 1 heterocycles. The van der Waals surface area contributed by atoms with Crippen molar-refractivity contribution in [2.75, 3.05) is 11.9 Å². The molecule has 2 aromatic carbocycles. The molecule has 3 rings (SSSR count). The van der Waals surface area contributed by atoms with Crippen molar-refractivity contribution >= 4 is 11.6 Å². The molecule has 0 saturated carbocycles. The van der Waals surface area contributed by atoms with Crippen molar-refractivity contribution in [1.29, 1.82) is 0 Å². The number of aromatic nitrogens is 2. The molecule has 0 unspecified atom stereocenters. The molecule has 1 aromatic heterocycles. The third kappa shape index (κ3) is 5.19. The van der Waals surface area contributed by atoms with Crippen molar-refractivity contribution in [3.63, 3.8) is 0 Å². The van der Waals surface area contributed by atoms with E-state index in [-0.39, 0.29) is 12.3 Å². The highest BCUT2D eigenvalue weighted by molar-refractivity contribution is 5.90. The van der Waals surface area contributed by atoms with Gasteiger partial charge in [-0.05, 0) is 42.7 Å². The van der Waals surface area contributed by atoms with Crippen LogP contribution in [0.2, 0.25) is 0 Å². The number of nitrogens with zero attached hydrogens (tertiary/aromatic N) is 2. The molecule has 0 aliphatic carbocycles. The lowest BCUT2D eigenvalue weighted by atomic mass is 10.0. The van der Waals surface area contributed by atoms with Gasteiger partial charge in [0.15, 0.2) is 0 Å². The Kier molecular flexibility index (Phi) is 6.42. The number of amides is 1. The van der Waals surface area contributed by atoms with Crippen LogP contribution in [-0.4, -0.2) is 22.7 Å². The van der Waals surface area contributed by atoms with Crippen LogP contribution in [0.3, 0.4) is 0 Å². The second kappa shape index (κ2) is 9.17. The van der Waals surface area contributed by atoms with E-state index < -0.39 is 0 Å². The number of hydrogen-bond acceptors (Lipinski definition) is 5. The molecular formula is C22H25N3O3. The van der Waals surface area contributed by atoms with Crippen molar-refractivity contribution in [1.82, 2.24) is 10.1 Å². The van der Waals surface area contributed by atoms with Crippen molar-refractivity contribution in [2.24, 2.45) is 0 Å². The minimum atomic E-state index is -0.106. The molecule has 0 saturated heterocycles. The SMILES string of the molecule is CCOc1ccc(NC(=O)CCc2nc(-c3ccc(C(C)C)cc3)no2)cc1. The van der Waals surface area contributed by atoms with Gasteiger partial charge in [-0.2, -0.15) is 4.98 Å². The van der Waals surface area contributed by atoms with Crippen LogP contribution in [0.5, 0.6) is 5.75 Å². The average molecular weight is 379 g/mol. The van der Waals surface area contributed by atoms with Gasteiger partial charge in [-0.3, -0.25) is 4.79 Å². The maximum atomic E-state index is 12.1. The van der Waals surface area contributed by atoms with Gasteiger partial charge in [-0.25, -0.2) is 0 Å². The lowest BCUT2D eigenvalue weighted by molar-refractivity contribution is -0.116. The minimum Gasteiger partial charge on any atom is -0.494 e. The first kappa shape index (κ1) is 19.6. The Balaban J connectivity index is 1.52. The molecule has 146 valence electrons. The quantitative estimate of drug-likeness (QED) is 0.606. The Bertz CT molecular complexity index is 900. The number of rotatable bonds is 8. The van der Waals surface area contributed by atoms with Gasteiger partial charge in [0.1, 0.15) is 5.75 Å². The minimum absolute atomic E-state index is 0.106. The molecule has 0 spiro atoms. The van der Waals surface area contributed by atoms with Crippen LogP contribution >= 0.6 is 0 Å². The summed E-state index contributed by atoms with van der Waals surface area (Å²) in [5, 5.41) is 6.87. The number of benzene rings is 2. The fraction of sp³-hybridized carbons (Fsp3) is 0.318. The molecule has 0 radical (unpaired) electrons. The molecule has 0 atom stereocenters. The summed E-state index contributed by atoms with van der Waals surface area (Å²) in [5.41, 5.74) is 2.89. The van der Waals surface area contributed by atoms with Crippen LogP contribution in [0.15, 0.2) is 53.1 Å². The number of carbonyl (C=O) groups excluding carboxylic acids is 1. The van der Waals surface area contributed by atoms with E-state index >= 15 is 0 Å². The largest absolute Gasteiger partial charge is 0.494 e. The Morgan fingerprint density at radius 3 is 2.46 bits per heavy atom. The molecular weight excluding hydrogens is 354 g/mol. The van der Waals surface area contributed by atoms with Crippen LogP contribution in [0, 0.1) is 0 Å². The van der Waals surface area contributed by atoms with E-state index in [1.165, 1.54) is 5.56 Å². The van der Waals surface area contributed by atoms with Gasteiger partial charge in [0.2, 0.25) is 17.6 Å². The first-order chi connectivity index (χ1) is 13.5. The second-order valence-corrected chi connectivity index (χ2v) is 6.79. The summed E-state index contributed by atoms with van der Waals surface area (Å²) < 4.78 is 10.7. The molecule has 6 nitrogen and oxygen atoms in total. The number of carbonyl (C=O) groups is 1. The van der Waals surface area contributed by atoms with Gasteiger partial charge < -0.3 is 14.6 Å². The van der Waals surface area contributed by atoms with E-state index in [1.807, 2.05) is 43.3 Å². The number of nitrogens with one attached hydrogen (secondary N) is 1. The number of anilines is 1. The number of hydrogen-bond donors (Lipinski definition) is 1. The predicted molar refractivity (Wildman–Crippen MR) is 108 cm³/mol. The first-order valence-electron chi connectivity index (χ1n) is 9.50. The summed E-state index contributed by atoms with van der Waals surface area (Å²) in [7, 11) is 0. The third-order valence-corrected chi connectivity index (χ3v) is 4.32. The van der Waals surface area contributed by atoms with Gasteiger partial charge in [0.05, 0.1) is 6.61 Å². The molecule has 6 heteroatoms. The van der Waals surface area contributed by atoms with Gasteiger partial charge in [-0.1, -0.05) is 43.3 Å². The summed E-state index contributed by atoms with van der Waals surface area (Å²) >= 11 is 0. The molecule has 28 heavy (non-hydrogen) atoms. The normalized spacial score (nSPS) is 10.9. The van der Waals surface area contributed by atoms with Crippen LogP contribution in [0.1, 0.15) is 44.6 Å². The second-order valence-electron chi connectivity index (χ2n) is 6.79. The van der Waals surface area contributed by atoms with Crippen LogP contribution in [0.25, 0.3) is 11.4 Å². The Labute approximate surface area is 164 Å². The summed E-state index contributed by atoms with van der Waals surface area (Å²) in [4.78, 5) is 16.5.